The molecule has 0 fully saturated rings. The maximum Gasteiger partial charge on any atom is 0.257 e. The molecular weight excluding hydrogens is 432 g/mol. The van der Waals surface area contributed by atoms with Crippen LogP contribution in [0.15, 0.2) is 65.7 Å². The molecule has 0 spiro atoms. The normalized spacial score (nSPS) is 11.3. The van der Waals surface area contributed by atoms with Crippen LogP contribution in [0.3, 0.4) is 0 Å². The van der Waals surface area contributed by atoms with Crippen molar-refractivity contribution in [3.8, 4) is 6.07 Å². The number of pyridine rings is 1. The third-order valence-electron chi connectivity index (χ3n) is 4.34. The molecule has 2 aromatic carbocycles. The molecular formula is C23H19ClN4O2S. The third kappa shape index (κ3) is 5.85. The molecule has 156 valence electrons. The van der Waals surface area contributed by atoms with E-state index in [9.17, 15) is 14.9 Å². The molecule has 0 aliphatic rings. The van der Waals surface area contributed by atoms with Gasteiger partial charge in [0.1, 0.15) is 11.1 Å². The van der Waals surface area contributed by atoms with E-state index < -0.39 is 5.25 Å². The van der Waals surface area contributed by atoms with Gasteiger partial charge in [0, 0.05) is 16.4 Å². The maximum absolute atomic E-state index is 12.6. The molecule has 0 radical (unpaired) electrons. The Morgan fingerprint density at radius 3 is 2.35 bits per heavy atom. The number of hydrogen-bond acceptors (Lipinski definition) is 5. The number of thioether (sulfide) groups is 1. The number of para-hydroxylation sites is 1. The van der Waals surface area contributed by atoms with Crippen LogP contribution in [0.25, 0.3) is 0 Å². The second kappa shape index (κ2) is 10.1. The number of benzene rings is 2. The molecule has 1 atom stereocenters. The lowest BCUT2D eigenvalue weighted by Gasteiger charge is -2.14. The number of nitrogens with one attached hydrogen (secondary N) is 2. The van der Waals surface area contributed by atoms with E-state index in [0.29, 0.717) is 32.7 Å². The number of rotatable bonds is 6. The number of carbonyl (C=O) groups is 2. The minimum absolute atomic E-state index is 0.235. The van der Waals surface area contributed by atoms with Crippen molar-refractivity contribution in [2.24, 2.45) is 0 Å². The fourth-order valence-electron chi connectivity index (χ4n) is 2.70. The quantitative estimate of drug-likeness (QED) is 0.498. The first-order valence-corrected chi connectivity index (χ1v) is 10.6. The number of halogens is 1. The molecule has 1 heterocycles. The Kier molecular flexibility index (Phi) is 7.29. The molecule has 0 saturated heterocycles. The van der Waals surface area contributed by atoms with E-state index in [0.717, 1.165) is 11.8 Å². The molecule has 31 heavy (non-hydrogen) atoms. The third-order valence-corrected chi connectivity index (χ3v) is 5.70. The van der Waals surface area contributed by atoms with Crippen molar-refractivity contribution in [1.82, 2.24) is 4.98 Å². The average molecular weight is 451 g/mol. The van der Waals surface area contributed by atoms with E-state index in [1.807, 2.05) is 18.2 Å². The summed E-state index contributed by atoms with van der Waals surface area (Å²) in [6.07, 6.45) is 0. The van der Waals surface area contributed by atoms with E-state index in [2.05, 4.69) is 21.7 Å². The summed E-state index contributed by atoms with van der Waals surface area (Å²) in [6.45, 7) is 3.42. The summed E-state index contributed by atoms with van der Waals surface area (Å²) in [4.78, 5) is 29.6. The summed E-state index contributed by atoms with van der Waals surface area (Å²) in [5.41, 5.74) is 2.29. The zero-order chi connectivity index (χ0) is 22.4. The Balaban J connectivity index is 1.74. The SMILES string of the molecule is Cc1nc(SC(C)C(=O)Nc2ccc(Cl)cc2)c(C#N)cc1C(=O)Nc1ccccc1. The number of nitriles is 1. The smallest absolute Gasteiger partial charge is 0.257 e. The molecule has 3 aromatic rings. The Morgan fingerprint density at radius 2 is 1.71 bits per heavy atom. The van der Waals surface area contributed by atoms with Crippen LogP contribution < -0.4 is 10.6 Å². The van der Waals surface area contributed by atoms with Gasteiger partial charge in [-0.3, -0.25) is 9.59 Å². The van der Waals surface area contributed by atoms with Gasteiger partial charge in [0.05, 0.1) is 22.1 Å². The first-order chi connectivity index (χ1) is 14.9. The number of hydrogen-bond donors (Lipinski definition) is 2. The highest BCUT2D eigenvalue weighted by atomic mass is 35.5. The van der Waals surface area contributed by atoms with Crippen molar-refractivity contribution in [3.63, 3.8) is 0 Å². The summed E-state index contributed by atoms with van der Waals surface area (Å²) in [6, 6.07) is 19.4. The van der Waals surface area contributed by atoms with E-state index in [-0.39, 0.29) is 17.4 Å². The molecule has 2 amide bonds. The van der Waals surface area contributed by atoms with Gasteiger partial charge in [-0.15, -0.1) is 0 Å². The van der Waals surface area contributed by atoms with Gasteiger partial charge in [0.2, 0.25) is 5.91 Å². The summed E-state index contributed by atoms with van der Waals surface area (Å²) < 4.78 is 0. The summed E-state index contributed by atoms with van der Waals surface area (Å²) in [5, 5.41) is 15.6. The van der Waals surface area contributed by atoms with Crippen LogP contribution in [0, 0.1) is 18.3 Å². The van der Waals surface area contributed by atoms with Gasteiger partial charge in [-0.25, -0.2) is 4.98 Å². The van der Waals surface area contributed by atoms with Gasteiger partial charge in [-0.2, -0.15) is 5.26 Å². The second-order valence-corrected chi connectivity index (χ2v) is 8.43. The monoisotopic (exact) mass is 450 g/mol. The van der Waals surface area contributed by atoms with Crippen molar-refractivity contribution in [1.29, 1.82) is 5.26 Å². The Labute approximate surface area is 189 Å². The van der Waals surface area contributed by atoms with Crippen molar-refractivity contribution in [2.75, 3.05) is 10.6 Å². The predicted octanol–water partition coefficient (Wildman–Crippen LogP) is 5.29. The minimum atomic E-state index is -0.515. The van der Waals surface area contributed by atoms with E-state index in [4.69, 9.17) is 11.6 Å². The number of aromatic nitrogens is 1. The lowest BCUT2D eigenvalue weighted by atomic mass is 10.1. The Morgan fingerprint density at radius 1 is 1.06 bits per heavy atom. The molecule has 1 unspecified atom stereocenters. The van der Waals surface area contributed by atoms with E-state index in [1.54, 1.807) is 50.2 Å². The van der Waals surface area contributed by atoms with Gasteiger partial charge in [-0.05, 0) is 56.3 Å². The van der Waals surface area contributed by atoms with Gasteiger partial charge in [-0.1, -0.05) is 41.6 Å². The highest BCUT2D eigenvalue weighted by molar-refractivity contribution is 8.00. The first-order valence-electron chi connectivity index (χ1n) is 9.38. The van der Waals surface area contributed by atoms with Crippen molar-refractivity contribution in [3.05, 3.63) is 82.5 Å². The molecule has 0 aliphatic carbocycles. The average Bonchev–Trinajstić information content (AvgIpc) is 2.76. The van der Waals surface area contributed by atoms with E-state index >= 15 is 0 Å². The van der Waals surface area contributed by atoms with Crippen molar-refractivity contribution >= 4 is 46.6 Å². The van der Waals surface area contributed by atoms with Gasteiger partial charge < -0.3 is 10.6 Å². The van der Waals surface area contributed by atoms with Crippen LogP contribution in [-0.2, 0) is 4.79 Å². The fourth-order valence-corrected chi connectivity index (χ4v) is 3.75. The van der Waals surface area contributed by atoms with Crippen LogP contribution in [0.4, 0.5) is 11.4 Å². The molecule has 0 aliphatic heterocycles. The summed E-state index contributed by atoms with van der Waals surface area (Å²) >= 11 is 7.02. The van der Waals surface area contributed by atoms with E-state index in [1.165, 1.54) is 6.07 Å². The van der Waals surface area contributed by atoms with Crippen LogP contribution in [0.5, 0.6) is 0 Å². The van der Waals surface area contributed by atoms with Crippen LogP contribution in [0.2, 0.25) is 5.02 Å². The molecule has 0 bridgehead atoms. The number of anilines is 2. The maximum atomic E-state index is 12.6. The molecule has 8 heteroatoms. The van der Waals surface area contributed by atoms with Crippen LogP contribution in [0.1, 0.15) is 28.5 Å². The molecule has 3 rings (SSSR count). The van der Waals surface area contributed by atoms with Crippen molar-refractivity contribution in [2.45, 2.75) is 24.1 Å². The summed E-state index contributed by atoms with van der Waals surface area (Å²) in [7, 11) is 0. The molecule has 0 saturated carbocycles. The second-order valence-electron chi connectivity index (χ2n) is 6.66. The van der Waals surface area contributed by atoms with Crippen molar-refractivity contribution < 1.29 is 9.59 Å². The first kappa shape index (κ1) is 22.3. The number of aryl methyl sites for hydroxylation is 1. The van der Waals surface area contributed by atoms with Gasteiger partial charge >= 0.3 is 0 Å². The molecule has 2 N–H and O–H groups in total. The summed E-state index contributed by atoms with van der Waals surface area (Å²) in [5.74, 6) is -0.584. The topological polar surface area (TPSA) is 94.9 Å². The predicted molar refractivity (Wildman–Crippen MR) is 123 cm³/mol. The largest absolute Gasteiger partial charge is 0.325 e. The lowest BCUT2D eigenvalue weighted by Crippen LogP contribution is -2.23. The highest BCUT2D eigenvalue weighted by Gasteiger charge is 2.21. The lowest BCUT2D eigenvalue weighted by molar-refractivity contribution is -0.115. The molecule has 1 aromatic heterocycles. The van der Waals surface area contributed by atoms with Gasteiger partial charge in [0.25, 0.3) is 5.91 Å². The number of amides is 2. The fraction of sp³-hybridized carbons (Fsp3) is 0.130. The number of carbonyl (C=O) groups excluding carboxylic acids is 2. The number of nitrogens with zero attached hydrogens (tertiary/aromatic N) is 2. The van der Waals surface area contributed by atoms with Crippen LogP contribution >= 0.6 is 23.4 Å². The zero-order valence-electron chi connectivity index (χ0n) is 16.8. The minimum Gasteiger partial charge on any atom is -0.325 e. The Bertz CT molecular complexity index is 1140. The zero-order valence-corrected chi connectivity index (χ0v) is 18.4. The molecule has 6 nitrogen and oxygen atoms in total. The van der Waals surface area contributed by atoms with Gasteiger partial charge in [0.15, 0.2) is 0 Å². The van der Waals surface area contributed by atoms with Crippen LogP contribution in [-0.4, -0.2) is 22.0 Å². The Hall–Kier alpha value is -3.34. The highest BCUT2D eigenvalue weighted by Crippen LogP contribution is 2.28. The standard InChI is InChI=1S/C23H19ClN4O2S/c1-14-20(22(30)28-18-6-4-3-5-7-18)12-16(13-25)23(26-14)31-15(2)21(29)27-19-10-8-17(24)9-11-19/h3-12,15H,1-2H3,(H,27,29)(H,28,30).